The molecule has 0 saturated heterocycles. The van der Waals surface area contributed by atoms with E-state index >= 15 is 0 Å². The number of nitrogens with zero attached hydrogens (tertiary/aromatic N) is 3. The van der Waals surface area contributed by atoms with Crippen LogP contribution >= 0.6 is 0 Å². The summed E-state index contributed by atoms with van der Waals surface area (Å²) in [6, 6.07) is 9.48. The summed E-state index contributed by atoms with van der Waals surface area (Å²) in [5.74, 6) is -0.396. The number of fused-ring (bicyclic) bond motifs is 1. The Labute approximate surface area is 107 Å². The van der Waals surface area contributed by atoms with Crippen molar-refractivity contribution in [2.24, 2.45) is 0 Å². The summed E-state index contributed by atoms with van der Waals surface area (Å²) in [5.41, 5.74) is 1.54. The summed E-state index contributed by atoms with van der Waals surface area (Å²) in [4.78, 5) is 15.1. The molecule has 2 heterocycles. The van der Waals surface area contributed by atoms with Gasteiger partial charge in [-0.1, -0.05) is 12.1 Å². The lowest BCUT2D eigenvalue weighted by molar-refractivity contribution is 0.0697. The van der Waals surface area contributed by atoms with Crippen molar-refractivity contribution in [3.05, 3.63) is 48.2 Å². The van der Waals surface area contributed by atoms with Crippen molar-refractivity contribution in [2.75, 3.05) is 0 Å². The molecule has 3 aromatic rings. The molecule has 19 heavy (non-hydrogen) atoms. The summed E-state index contributed by atoms with van der Waals surface area (Å²) in [6.07, 6.45) is 1.46. The number of carboxylic acids is 1. The van der Waals surface area contributed by atoms with Gasteiger partial charge in [-0.25, -0.2) is 14.3 Å². The van der Waals surface area contributed by atoms with E-state index in [1.165, 1.54) is 28.9 Å². The summed E-state index contributed by atoms with van der Waals surface area (Å²) in [6.45, 7) is 0. The van der Waals surface area contributed by atoms with Crippen LogP contribution in [-0.2, 0) is 0 Å². The number of hydrogen-bond acceptors (Lipinski definition) is 4. The third kappa shape index (κ3) is 1.99. The minimum atomic E-state index is -0.973. The highest BCUT2D eigenvalue weighted by Crippen LogP contribution is 2.18. The molecule has 0 amide bonds. The first-order valence-electron chi connectivity index (χ1n) is 5.52. The van der Waals surface area contributed by atoms with Crippen molar-refractivity contribution in [3.63, 3.8) is 0 Å². The summed E-state index contributed by atoms with van der Waals surface area (Å²) < 4.78 is 1.47. The van der Waals surface area contributed by atoms with Crippen molar-refractivity contribution in [1.82, 2.24) is 14.6 Å². The quantitative estimate of drug-likeness (QED) is 0.729. The lowest BCUT2D eigenvalue weighted by Crippen LogP contribution is -1.95. The third-order valence-corrected chi connectivity index (χ3v) is 2.71. The molecular formula is C13H9N3O3. The van der Waals surface area contributed by atoms with Crippen molar-refractivity contribution in [3.8, 4) is 17.1 Å². The summed E-state index contributed by atoms with van der Waals surface area (Å²) >= 11 is 0. The maximum atomic E-state index is 10.8. The average molecular weight is 255 g/mol. The molecule has 0 bridgehead atoms. The first-order valence-corrected chi connectivity index (χ1v) is 5.52. The maximum absolute atomic E-state index is 10.8. The number of aromatic nitrogens is 3. The molecule has 3 rings (SSSR count). The number of carbonyl (C=O) groups is 1. The Kier molecular flexibility index (Phi) is 2.42. The van der Waals surface area contributed by atoms with Crippen molar-refractivity contribution < 1.29 is 15.0 Å². The van der Waals surface area contributed by atoms with Gasteiger partial charge in [-0.15, -0.1) is 5.10 Å². The van der Waals surface area contributed by atoms with Crippen LogP contribution in [0.5, 0.6) is 5.75 Å². The highest BCUT2D eigenvalue weighted by molar-refractivity contribution is 5.88. The van der Waals surface area contributed by atoms with E-state index in [0.29, 0.717) is 17.0 Å². The first kappa shape index (κ1) is 11.2. The Hall–Kier alpha value is -2.89. The Bertz CT molecular complexity index is 762. The predicted molar refractivity (Wildman–Crippen MR) is 67.0 cm³/mol. The SMILES string of the molecule is O=C(O)c1ccc(-c2nc3ccc(O)cn3n2)cc1. The number of benzene rings is 1. The molecule has 0 aliphatic rings. The fourth-order valence-electron chi connectivity index (χ4n) is 1.76. The molecule has 0 aliphatic carbocycles. The second-order valence-corrected chi connectivity index (χ2v) is 4.01. The van der Waals surface area contributed by atoms with Crippen LogP contribution in [0.25, 0.3) is 17.0 Å². The largest absolute Gasteiger partial charge is 0.506 e. The predicted octanol–water partition coefficient (Wildman–Crippen LogP) is 1.80. The molecular weight excluding hydrogens is 246 g/mol. The zero-order valence-electron chi connectivity index (χ0n) is 9.69. The molecule has 94 valence electrons. The van der Waals surface area contributed by atoms with Gasteiger partial charge in [0, 0.05) is 5.56 Å². The Morgan fingerprint density at radius 3 is 2.53 bits per heavy atom. The van der Waals surface area contributed by atoms with Crippen LogP contribution < -0.4 is 0 Å². The summed E-state index contributed by atoms with van der Waals surface area (Å²) in [7, 11) is 0. The van der Waals surface area contributed by atoms with E-state index in [2.05, 4.69) is 10.1 Å². The van der Waals surface area contributed by atoms with Gasteiger partial charge in [-0.2, -0.15) is 0 Å². The maximum Gasteiger partial charge on any atom is 0.335 e. The average Bonchev–Trinajstić information content (AvgIpc) is 2.81. The number of pyridine rings is 1. The zero-order chi connectivity index (χ0) is 13.4. The number of hydrogen-bond donors (Lipinski definition) is 2. The Balaban J connectivity index is 2.06. The number of aromatic hydroxyl groups is 1. The van der Waals surface area contributed by atoms with E-state index in [-0.39, 0.29) is 11.3 Å². The van der Waals surface area contributed by atoms with E-state index in [0.717, 1.165) is 0 Å². The van der Waals surface area contributed by atoms with E-state index < -0.39 is 5.97 Å². The lowest BCUT2D eigenvalue weighted by Gasteiger charge is -1.96. The smallest absolute Gasteiger partial charge is 0.335 e. The number of rotatable bonds is 2. The number of aromatic carboxylic acids is 1. The first-order chi connectivity index (χ1) is 9.13. The minimum absolute atomic E-state index is 0.102. The van der Waals surface area contributed by atoms with Gasteiger partial charge in [-0.05, 0) is 24.3 Å². The van der Waals surface area contributed by atoms with E-state index in [1.54, 1.807) is 18.2 Å². The Morgan fingerprint density at radius 2 is 1.84 bits per heavy atom. The van der Waals surface area contributed by atoms with Crippen molar-refractivity contribution in [1.29, 1.82) is 0 Å². The standard InChI is InChI=1S/C13H9N3O3/c17-10-5-6-11-14-12(15-16(11)7-10)8-1-3-9(4-2-8)13(18)19/h1-7,17H,(H,18,19). The molecule has 0 saturated carbocycles. The van der Waals surface area contributed by atoms with Gasteiger partial charge in [0.25, 0.3) is 0 Å². The van der Waals surface area contributed by atoms with E-state index in [4.69, 9.17) is 5.11 Å². The molecule has 6 heteroatoms. The van der Waals surface area contributed by atoms with Crippen LogP contribution in [-0.4, -0.2) is 30.8 Å². The third-order valence-electron chi connectivity index (χ3n) is 2.71. The van der Waals surface area contributed by atoms with Crippen LogP contribution in [0.15, 0.2) is 42.6 Å². The molecule has 2 N–H and O–H groups in total. The molecule has 2 aromatic heterocycles. The summed E-state index contributed by atoms with van der Waals surface area (Å²) in [5, 5.41) is 22.4. The fraction of sp³-hybridized carbons (Fsp3) is 0. The van der Waals surface area contributed by atoms with Gasteiger partial charge in [-0.3, -0.25) is 0 Å². The van der Waals surface area contributed by atoms with Crippen molar-refractivity contribution in [2.45, 2.75) is 0 Å². The lowest BCUT2D eigenvalue weighted by atomic mass is 10.1. The normalized spacial score (nSPS) is 10.7. The molecule has 0 spiro atoms. The molecule has 0 aliphatic heterocycles. The van der Waals surface area contributed by atoms with Crippen molar-refractivity contribution >= 4 is 11.6 Å². The van der Waals surface area contributed by atoms with Gasteiger partial charge in [0.05, 0.1) is 11.8 Å². The van der Waals surface area contributed by atoms with E-state index in [9.17, 15) is 9.90 Å². The van der Waals surface area contributed by atoms with Crippen LogP contribution in [0.1, 0.15) is 10.4 Å². The molecule has 0 unspecified atom stereocenters. The van der Waals surface area contributed by atoms with E-state index in [1.807, 2.05) is 0 Å². The van der Waals surface area contributed by atoms with Gasteiger partial charge >= 0.3 is 5.97 Å². The fourth-order valence-corrected chi connectivity index (χ4v) is 1.76. The monoisotopic (exact) mass is 255 g/mol. The second-order valence-electron chi connectivity index (χ2n) is 4.01. The highest BCUT2D eigenvalue weighted by Gasteiger charge is 2.08. The second kappa shape index (κ2) is 4.09. The molecule has 1 aromatic carbocycles. The molecule has 6 nitrogen and oxygen atoms in total. The molecule has 0 radical (unpaired) electrons. The van der Waals surface area contributed by atoms with Crippen LogP contribution in [0.2, 0.25) is 0 Å². The van der Waals surface area contributed by atoms with Crippen LogP contribution in [0.3, 0.4) is 0 Å². The van der Waals surface area contributed by atoms with Gasteiger partial charge in [0.15, 0.2) is 11.5 Å². The molecule has 0 fully saturated rings. The van der Waals surface area contributed by atoms with Gasteiger partial charge < -0.3 is 10.2 Å². The highest BCUT2D eigenvalue weighted by atomic mass is 16.4. The van der Waals surface area contributed by atoms with Crippen LogP contribution in [0.4, 0.5) is 0 Å². The Morgan fingerprint density at radius 1 is 1.11 bits per heavy atom. The zero-order valence-corrected chi connectivity index (χ0v) is 9.69. The molecule has 0 atom stereocenters. The van der Waals surface area contributed by atoms with Crippen LogP contribution in [0, 0.1) is 0 Å². The topological polar surface area (TPSA) is 87.7 Å². The number of carboxylic acid groups (broad SMARTS) is 1. The van der Waals surface area contributed by atoms with Gasteiger partial charge in [0.1, 0.15) is 5.75 Å². The van der Waals surface area contributed by atoms with Gasteiger partial charge in [0.2, 0.25) is 0 Å². The minimum Gasteiger partial charge on any atom is -0.506 e.